The van der Waals surface area contributed by atoms with Crippen molar-refractivity contribution in [3.8, 4) is 0 Å². The summed E-state index contributed by atoms with van der Waals surface area (Å²) in [6.07, 6.45) is 7.50. The maximum Gasteiger partial charge on any atom is 0.276 e. The lowest BCUT2D eigenvalue weighted by atomic mass is 10.0. The van der Waals surface area contributed by atoms with Gasteiger partial charge in [-0.1, -0.05) is 35.0 Å². The first-order valence-electron chi connectivity index (χ1n) is 10.2. The zero-order valence-corrected chi connectivity index (χ0v) is 16.2. The third-order valence-corrected chi connectivity index (χ3v) is 5.75. The second-order valence-corrected chi connectivity index (χ2v) is 7.95. The van der Waals surface area contributed by atoms with Crippen molar-refractivity contribution in [1.29, 1.82) is 0 Å². The minimum Gasteiger partial charge on any atom is -0.337 e. The molecule has 1 amide bonds. The molecule has 2 aliphatic rings. The summed E-state index contributed by atoms with van der Waals surface area (Å²) in [7, 11) is 0. The molecule has 27 heavy (non-hydrogen) atoms. The summed E-state index contributed by atoms with van der Waals surface area (Å²) in [5.41, 5.74) is 3.14. The molecule has 1 atom stereocenters. The van der Waals surface area contributed by atoms with Crippen LogP contribution in [-0.2, 0) is 6.54 Å². The Hall–Kier alpha value is -2.21. The molecule has 2 saturated heterocycles. The number of benzene rings is 1. The SMILES string of the molecule is Cc1ccc(CN2CCCC(n3cc(C(=O)N4CCCCC4)nn3)C2)cc1. The van der Waals surface area contributed by atoms with Gasteiger partial charge in [-0.05, 0) is 51.1 Å². The number of hydrogen-bond acceptors (Lipinski definition) is 4. The molecule has 6 nitrogen and oxygen atoms in total. The molecule has 2 fully saturated rings. The Morgan fingerprint density at radius 2 is 1.85 bits per heavy atom. The fourth-order valence-electron chi connectivity index (χ4n) is 4.15. The summed E-state index contributed by atoms with van der Waals surface area (Å²) >= 11 is 0. The molecule has 3 heterocycles. The van der Waals surface area contributed by atoms with Gasteiger partial charge < -0.3 is 4.90 Å². The zero-order valence-electron chi connectivity index (χ0n) is 16.2. The molecular formula is C21H29N5O. The van der Waals surface area contributed by atoms with Gasteiger partial charge in [0, 0.05) is 26.2 Å². The van der Waals surface area contributed by atoms with Crippen LogP contribution in [0, 0.1) is 6.92 Å². The van der Waals surface area contributed by atoms with Gasteiger partial charge in [0.15, 0.2) is 5.69 Å². The number of piperidine rings is 2. The van der Waals surface area contributed by atoms with Gasteiger partial charge in [0.25, 0.3) is 5.91 Å². The second-order valence-electron chi connectivity index (χ2n) is 7.95. The maximum absolute atomic E-state index is 12.6. The van der Waals surface area contributed by atoms with Crippen LogP contribution < -0.4 is 0 Å². The van der Waals surface area contributed by atoms with Crippen LogP contribution >= 0.6 is 0 Å². The summed E-state index contributed by atoms with van der Waals surface area (Å²) in [5, 5.41) is 8.49. The van der Waals surface area contributed by atoms with Crippen molar-refractivity contribution in [3.05, 3.63) is 47.3 Å². The van der Waals surface area contributed by atoms with Gasteiger partial charge in [0.2, 0.25) is 0 Å². The number of nitrogens with zero attached hydrogens (tertiary/aromatic N) is 5. The summed E-state index contributed by atoms with van der Waals surface area (Å²) in [5.74, 6) is 0.0354. The van der Waals surface area contributed by atoms with Crippen molar-refractivity contribution in [2.24, 2.45) is 0 Å². The number of aromatic nitrogens is 3. The summed E-state index contributed by atoms with van der Waals surface area (Å²) in [6, 6.07) is 9.06. The Kier molecular flexibility index (Phi) is 5.53. The lowest BCUT2D eigenvalue weighted by Gasteiger charge is -2.32. The predicted octanol–water partition coefficient (Wildman–Crippen LogP) is 3.05. The van der Waals surface area contributed by atoms with E-state index in [4.69, 9.17) is 0 Å². The Labute approximate surface area is 161 Å². The maximum atomic E-state index is 12.6. The molecule has 2 aliphatic heterocycles. The van der Waals surface area contributed by atoms with Crippen LogP contribution in [0.15, 0.2) is 30.5 Å². The van der Waals surface area contributed by atoms with Gasteiger partial charge in [0.1, 0.15) is 0 Å². The topological polar surface area (TPSA) is 54.3 Å². The third kappa shape index (κ3) is 4.38. The van der Waals surface area contributed by atoms with Gasteiger partial charge in [-0.2, -0.15) is 0 Å². The number of likely N-dealkylation sites (tertiary alicyclic amines) is 2. The fraction of sp³-hybridized carbons (Fsp3) is 0.571. The smallest absolute Gasteiger partial charge is 0.276 e. The molecule has 144 valence electrons. The van der Waals surface area contributed by atoms with E-state index in [1.807, 2.05) is 15.8 Å². The van der Waals surface area contributed by atoms with E-state index in [2.05, 4.69) is 46.4 Å². The van der Waals surface area contributed by atoms with Gasteiger partial charge in [0.05, 0.1) is 12.2 Å². The van der Waals surface area contributed by atoms with E-state index in [1.54, 1.807) is 0 Å². The van der Waals surface area contributed by atoms with Crippen LogP contribution in [0.5, 0.6) is 0 Å². The second kappa shape index (κ2) is 8.21. The lowest BCUT2D eigenvalue weighted by Crippen LogP contribution is -2.36. The minimum absolute atomic E-state index is 0.0354. The van der Waals surface area contributed by atoms with E-state index >= 15 is 0 Å². The normalized spacial score (nSPS) is 21.4. The molecule has 1 unspecified atom stereocenters. The standard InChI is InChI=1S/C21H29N5O/c1-17-7-9-18(10-8-17)14-24-11-5-6-19(15-24)26-16-20(22-23-26)21(27)25-12-3-2-4-13-25/h7-10,16,19H,2-6,11-15H2,1H3. The molecule has 0 spiro atoms. The zero-order chi connectivity index (χ0) is 18.6. The number of aryl methyl sites for hydroxylation is 1. The molecule has 1 aromatic heterocycles. The van der Waals surface area contributed by atoms with Crippen LogP contribution in [0.3, 0.4) is 0 Å². The van der Waals surface area contributed by atoms with Gasteiger partial charge in [-0.3, -0.25) is 9.69 Å². The van der Waals surface area contributed by atoms with Crippen LogP contribution in [0.1, 0.15) is 59.8 Å². The quantitative estimate of drug-likeness (QED) is 0.833. The highest BCUT2D eigenvalue weighted by Gasteiger charge is 2.25. The first-order chi connectivity index (χ1) is 13.2. The molecule has 0 saturated carbocycles. The average Bonchev–Trinajstić information content (AvgIpc) is 3.20. The first kappa shape index (κ1) is 18.2. The Balaban J connectivity index is 1.38. The molecule has 1 aromatic carbocycles. The van der Waals surface area contributed by atoms with Gasteiger partial charge in [-0.25, -0.2) is 4.68 Å². The van der Waals surface area contributed by atoms with Crippen molar-refractivity contribution >= 4 is 5.91 Å². The van der Waals surface area contributed by atoms with E-state index in [-0.39, 0.29) is 5.91 Å². The highest BCUT2D eigenvalue weighted by atomic mass is 16.2. The van der Waals surface area contributed by atoms with Gasteiger partial charge >= 0.3 is 0 Å². The van der Waals surface area contributed by atoms with E-state index in [9.17, 15) is 4.79 Å². The van der Waals surface area contributed by atoms with E-state index in [0.29, 0.717) is 11.7 Å². The fourth-order valence-corrected chi connectivity index (χ4v) is 4.15. The summed E-state index contributed by atoms with van der Waals surface area (Å²) < 4.78 is 1.92. The van der Waals surface area contributed by atoms with Crippen molar-refractivity contribution in [1.82, 2.24) is 24.8 Å². The van der Waals surface area contributed by atoms with Crippen LogP contribution in [0.4, 0.5) is 0 Å². The molecule has 2 aromatic rings. The summed E-state index contributed by atoms with van der Waals surface area (Å²) in [6.45, 7) is 6.84. The number of carbonyl (C=O) groups is 1. The number of rotatable bonds is 4. The molecular weight excluding hydrogens is 338 g/mol. The summed E-state index contributed by atoms with van der Waals surface area (Å²) in [4.78, 5) is 17.0. The molecule has 4 rings (SSSR count). The van der Waals surface area contributed by atoms with Crippen molar-refractivity contribution in [2.75, 3.05) is 26.2 Å². The van der Waals surface area contributed by atoms with Crippen molar-refractivity contribution in [3.63, 3.8) is 0 Å². The Morgan fingerprint density at radius 1 is 1.07 bits per heavy atom. The molecule has 0 aliphatic carbocycles. The predicted molar refractivity (Wildman–Crippen MR) is 105 cm³/mol. The number of hydrogen-bond donors (Lipinski definition) is 0. The Morgan fingerprint density at radius 3 is 2.63 bits per heavy atom. The number of amides is 1. The van der Waals surface area contributed by atoms with Crippen LogP contribution in [0.2, 0.25) is 0 Å². The third-order valence-electron chi connectivity index (χ3n) is 5.75. The van der Waals surface area contributed by atoms with Crippen LogP contribution in [-0.4, -0.2) is 56.9 Å². The first-order valence-corrected chi connectivity index (χ1v) is 10.2. The van der Waals surface area contributed by atoms with E-state index < -0.39 is 0 Å². The van der Waals surface area contributed by atoms with Crippen LogP contribution in [0.25, 0.3) is 0 Å². The molecule has 0 bridgehead atoms. The molecule has 0 radical (unpaired) electrons. The highest BCUT2D eigenvalue weighted by Crippen LogP contribution is 2.23. The Bertz CT molecular complexity index is 763. The minimum atomic E-state index is 0.0354. The van der Waals surface area contributed by atoms with E-state index in [0.717, 1.165) is 58.4 Å². The average molecular weight is 367 g/mol. The lowest BCUT2D eigenvalue weighted by molar-refractivity contribution is 0.0718. The van der Waals surface area contributed by atoms with Gasteiger partial charge in [-0.15, -0.1) is 5.10 Å². The number of carbonyl (C=O) groups excluding carboxylic acids is 1. The molecule has 0 N–H and O–H groups in total. The van der Waals surface area contributed by atoms with Crippen molar-refractivity contribution in [2.45, 2.75) is 51.6 Å². The monoisotopic (exact) mass is 367 g/mol. The largest absolute Gasteiger partial charge is 0.337 e. The highest BCUT2D eigenvalue weighted by molar-refractivity contribution is 5.91. The molecule has 6 heteroatoms. The van der Waals surface area contributed by atoms with Crippen molar-refractivity contribution < 1.29 is 4.79 Å². The van der Waals surface area contributed by atoms with E-state index in [1.165, 1.54) is 17.5 Å².